The lowest BCUT2D eigenvalue weighted by Crippen LogP contribution is -2.14. The fourth-order valence-corrected chi connectivity index (χ4v) is 3.61. The molecule has 1 aromatic rings. The summed E-state index contributed by atoms with van der Waals surface area (Å²) in [5.74, 6) is -1.73. The molecule has 0 heterocycles. The van der Waals surface area contributed by atoms with Crippen LogP contribution in [0.4, 0.5) is 8.78 Å². The van der Waals surface area contributed by atoms with Crippen molar-refractivity contribution in [2.75, 3.05) is 5.75 Å². The van der Waals surface area contributed by atoms with Crippen LogP contribution in [0.1, 0.15) is 48.0 Å². The van der Waals surface area contributed by atoms with Gasteiger partial charge in [0.25, 0.3) is 0 Å². The highest BCUT2D eigenvalue weighted by molar-refractivity contribution is 8.00. The summed E-state index contributed by atoms with van der Waals surface area (Å²) in [4.78, 5) is 12.0. The van der Waals surface area contributed by atoms with E-state index >= 15 is 0 Å². The van der Waals surface area contributed by atoms with Gasteiger partial charge in [-0.3, -0.25) is 4.79 Å². The number of Topliss-reactive ketones (excluding diaryl/α,β-unsaturated/α-hetero) is 1. The van der Waals surface area contributed by atoms with Crippen molar-refractivity contribution in [1.29, 1.82) is 0 Å². The van der Waals surface area contributed by atoms with Gasteiger partial charge in [0.15, 0.2) is 5.78 Å². The molecule has 0 bridgehead atoms. The maximum atomic E-state index is 13.8. The second kappa shape index (κ2) is 6.51. The quantitative estimate of drug-likeness (QED) is 0.756. The summed E-state index contributed by atoms with van der Waals surface area (Å²) in [7, 11) is 0. The fraction of sp³-hybridized carbons (Fsp3) is 0.533. The van der Waals surface area contributed by atoms with Crippen molar-refractivity contribution in [3.63, 3.8) is 0 Å². The minimum absolute atomic E-state index is 0.169. The molecule has 1 aliphatic carbocycles. The number of ketones is 1. The third-order valence-corrected chi connectivity index (χ3v) is 4.94. The molecular formula is C15H18F2OS. The second-order valence-electron chi connectivity index (χ2n) is 5.05. The molecule has 0 amide bonds. The number of hydrogen-bond acceptors (Lipinski definition) is 2. The smallest absolute Gasteiger partial charge is 0.178 e. The number of halogens is 2. The van der Waals surface area contributed by atoms with Crippen molar-refractivity contribution >= 4 is 17.5 Å². The SMILES string of the molecule is Cc1ccc(F)c(C(=O)CSC2CCCCC2)c1F. The van der Waals surface area contributed by atoms with Gasteiger partial charge < -0.3 is 0 Å². The maximum Gasteiger partial charge on any atom is 0.178 e. The number of aryl methyl sites for hydroxylation is 1. The predicted molar refractivity (Wildman–Crippen MR) is 74.8 cm³/mol. The van der Waals surface area contributed by atoms with Crippen molar-refractivity contribution in [3.05, 3.63) is 34.9 Å². The molecule has 4 heteroatoms. The molecule has 0 unspecified atom stereocenters. The van der Waals surface area contributed by atoms with E-state index in [4.69, 9.17) is 0 Å². The van der Waals surface area contributed by atoms with Crippen molar-refractivity contribution < 1.29 is 13.6 Å². The average Bonchev–Trinajstić information content (AvgIpc) is 2.42. The molecular weight excluding hydrogens is 266 g/mol. The molecule has 2 rings (SSSR count). The topological polar surface area (TPSA) is 17.1 Å². The minimum Gasteiger partial charge on any atom is -0.293 e. The fourth-order valence-electron chi connectivity index (χ4n) is 2.41. The third-order valence-electron chi connectivity index (χ3n) is 3.57. The lowest BCUT2D eigenvalue weighted by atomic mass is 10.0. The second-order valence-corrected chi connectivity index (χ2v) is 6.34. The molecule has 1 fully saturated rings. The molecule has 0 atom stereocenters. The summed E-state index contributed by atoms with van der Waals surface area (Å²) in [6.07, 6.45) is 5.86. The highest BCUT2D eigenvalue weighted by atomic mass is 32.2. The molecule has 0 aromatic heterocycles. The Morgan fingerprint density at radius 1 is 1.26 bits per heavy atom. The monoisotopic (exact) mass is 284 g/mol. The van der Waals surface area contributed by atoms with Crippen LogP contribution >= 0.6 is 11.8 Å². The minimum atomic E-state index is -0.752. The van der Waals surface area contributed by atoms with Crippen LogP contribution in [0.5, 0.6) is 0 Å². The molecule has 0 spiro atoms. The largest absolute Gasteiger partial charge is 0.293 e. The van der Waals surface area contributed by atoms with E-state index in [1.54, 1.807) is 18.7 Å². The molecule has 0 radical (unpaired) electrons. The first-order valence-electron chi connectivity index (χ1n) is 6.69. The van der Waals surface area contributed by atoms with E-state index < -0.39 is 17.4 Å². The molecule has 19 heavy (non-hydrogen) atoms. The summed E-state index contributed by atoms with van der Waals surface area (Å²) in [6.45, 7) is 1.54. The maximum absolute atomic E-state index is 13.8. The van der Waals surface area contributed by atoms with E-state index in [2.05, 4.69) is 0 Å². The van der Waals surface area contributed by atoms with E-state index in [1.807, 2.05) is 0 Å². The molecule has 1 saturated carbocycles. The molecule has 1 nitrogen and oxygen atoms in total. The first-order valence-corrected chi connectivity index (χ1v) is 7.74. The molecule has 1 aromatic carbocycles. The number of thioether (sulfide) groups is 1. The van der Waals surface area contributed by atoms with Gasteiger partial charge in [-0.1, -0.05) is 25.3 Å². The zero-order valence-electron chi connectivity index (χ0n) is 11.0. The lowest BCUT2D eigenvalue weighted by Gasteiger charge is -2.20. The van der Waals surface area contributed by atoms with Gasteiger partial charge in [-0.05, 0) is 31.4 Å². The lowest BCUT2D eigenvalue weighted by molar-refractivity contribution is 0.101. The number of rotatable bonds is 4. The molecule has 0 N–H and O–H groups in total. The zero-order valence-corrected chi connectivity index (χ0v) is 11.9. The third kappa shape index (κ3) is 3.56. The van der Waals surface area contributed by atoms with Crippen LogP contribution < -0.4 is 0 Å². The summed E-state index contributed by atoms with van der Waals surface area (Å²) >= 11 is 1.54. The summed E-state index contributed by atoms with van der Waals surface area (Å²) in [5, 5.41) is 0.466. The van der Waals surface area contributed by atoms with Crippen LogP contribution in [0.3, 0.4) is 0 Å². The first kappa shape index (κ1) is 14.5. The van der Waals surface area contributed by atoms with Gasteiger partial charge in [0.05, 0.1) is 11.3 Å². The normalized spacial score (nSPS) is 16.6. The van der Waals surface area contributed by atoms with Crippen molar-refractivity contribution in [3.8, 4) is 0 Å². The van der Waals surface area contributed by atoms with E-state index in [1.165, 1.54) is 25.3 Å². The number of hydrogen-bond donors (Lipinski definition) is 0. The number of carbonyl (C=O) groups is 1. The highest BCUT2D eigenvalue weighted by Crippen LogP contribution is 2.29. The van der Waals surface area contributed by atoms with Crippen LogP contribution in [-0.4, -0.2) is 16.8 Å². The molecule has 0 aliphatic heterocycles. The average molecular weight is 284 g/mol. The van der Waals surface area contributed by atoms with Gasteiger partial charge in [0, 0.05) is 5.25 Å². The zero-order chi connectivity index (χ0) is 13.8. The van der Waals surface area contributed by atoms with Gasteiger partial charge in [-0.15, -0.1) is 0 Å². The van der Waals surface area contributed by atoms with Crippen molar-refractivity contribution in [2.45, 2.75) is 44.3 Å². The Morgan fingerprint density at radius 3 is 2.63 bits per heavy atom. The Bertz CT molecular complexity index is 467. The predicted octanol–water partition coefficient (Wildman–Crippen LogP) is 4.52. The van der Waals surface area contributed by atoms with E-state index in [-0.39, 0.29) is 11.3 Å². The molecule has 104 valence electrons. The Morgan fingerprint density at radius 2 is 1.95 bits per heavy atom. The van der Waals surface area contributed by atoms with Gasteiger partial charge in [-0.2, -0.15) is 11.8 Å². The van der Waals surface area contributed by atoms with Crippen LogP contribution in [0.15, 0.2) is 12.1 Å². The van der Waals surface area contributed by atoms with Gasteiger partial charge in [0.2, 0.25) is 0 Å². The molecule has 1 aliphatic rings. The van der Waals surface area contributed by atoms with E-state index in [0.717, 1.165) is 18.9 Å². The van der Waals surface area contributed by atoms with Gasteiger partial charge >= 0.3 is 0 Å². The van der Waals surface area contributed by atoms with Crippen LogP contribution in [0.2, 0.25) is 0 Å². The van der Waals surface area contributed by atoms with Gasteiger partial charge in [0.1, 0.15) is 11.6 Å². The Hall–Kier alpha value is -0.900. The Kier molecular flexibility index (Phi) is 4.97. The standard InChI is InChI=1S/C15H18F2OS/c1-10-7-8-12(16)14(15(10)17)13(18)9-19-11-5-3-2-4-6-11/h7-8,11H,2-6,9H2,1H3. The highest BCUT2D eigenvalue weighted by Gasteiger charge is 2.21. The van der Waals surface area contributed by atoms with Crippen molar-refractivity contribution in [2.24, 2.45) is 0 Å². The van der Waals surface area contributed by atoms with Crippen molar-refractivity contribution in [1.82, 2.24) is 0 Å². The first-order chi connectivity index (χ1) is 9.09. The van der Waals surface area contributed by atoms with Gasteiger partial charge in [-0.25, -0.2) is 8.78 Å². The summed E-state index contributed by atoms with van der Waals surface area (Å²) in [5.41, 5.74) is -0.0595. The summed E-state index contributed by atoms with van der Waals surface area (Å²) in [6, 6.07) is 2.52. The van der Waals surface area contributed by atoms with Crippen LogP contribution in [-0.2, 0) is 0 Å². The molecule has 0 saturated heterocycles. The van der Waals surface area contributed by atoms with Crippen LogP contribution in [0.25, 0.3) is 0 Å². The van der Waals surface area contributed by atoms with Crippen LogP contribution in [0, 0.1) is 18.6 Å². The van der Waals surface area contributed by atoms with E-state index in [0.29, 0.717) is 10.8 Å². The number of benzene rings is 1. The Balaban J connectivity index is 2.01. The Labute approximate surface area is 116 Å². The van der Waals surface area contributed by atoms with E-state index in [9.17, 15) is 13.6 Å². The summed E-state index contributed by atoms with van der Waals surface area (Å²) < 4.78 is 27.4. The number of carbonyl (C=O) groups excluding carboxylic acids is 1.